The van der Waals surface area contributed by atoms with Crippen LogP contribution >= 0.6 is 0 Å². The SMILES string of the molecule is COc1ccc(S(=O)(=O)NCCN[C@H]2CCC[C@H]2C)cc1. The molecule has 0 unspecified atom stereocenters. The van der Waals surface area contributed by atoms with E-state index < -0.39 is 10.0 Å². The molecule has 1 aromatic rings. The maximum absolute atomic E-state index is 12.1. The van der Waals surface area contributed by atoms with Crippen LogP contribution in [0.4, 0.5) is 0 Å². The molecule has 0 aromatic heterocycles. The highest BCUT2D eigenvalue weighted by Gasteiger charge is 2.22. The lowest BCUT2D eigenvalue weighted by molar-refractivity contribution is 0.414. The van der Waals surface area contributed by atoms with Gasteiger partial charge in [-0.2, -0.15) is 0 Å². The van der Waals surface area contributed by atoms with Crippen molar-refractivity contribution in [2.24, 2.45) is 5.92 Å². The molecule has 0 radical (unpaired) electrons. The van der Waals surface area contributed by atoms with Crippen molar-refractivity contribution in [2.75, 3.05) is 20.2 Å². The Bertz CT molecular complexity index is 543. The highest BCUT2D eigenvalue weighted by Crippen LogP contribution is 2.24. The first-order chi connectivity index (χ1) is 10.0. The Labute approximate surface area is 127 Å². The van der Waals surface area contributed by atoms with E-state index in [0.717, 1.165) is 0 Å². The predicted octanol–water partition coefficient (Wildman–Crippen LogP) is 1.75. The van der Waals surface area contributed by atoms with Crippen molar-refractivity contribution in [1.29, 1.82) is 0 Å². The molecule has 0 bridgehead atoms. The maximum atomic E-state index is 12.1. The van der Waals surface area contributed by atoms with Gasteiger partial charge < -0.3 is 10.1 Å². The fourth-order valence-corrected chi connectivity index (χ4v) is 3.76. The fraction of sp³-hybridized carbons (Fsp3) is 0.600. The van der Waals surface area contributed by atoms with Crippen LogP contribution < -0.4 is 14.8 Å². The molecule has 1 aliphatic carbocycles. The summed E-state index contributed by atoms with van der Waals surface area (Å²) in [6.45, 7) is 3.30. The minimum Gasteiger partial charge on any atom is -0.497 e. The monoisotopic (exact) mass is 312 g/mol. The summed E-state index contributed by atoms with van der Waals surface area (Å²) in [6.07, 6.45) is 3.71. The normalized spacial score (nSPS) is 22.4. The minimum atomic E-state index is -3.44. The van der Waals surface area contributed by atoms with Gasteiger partial charge in [-0.15, -0.1) is 0 Å². The maximum Gasteiger partial charge on any atom is 0.240 e. The molecule has 0 aliphatic heterocycles. The number of nitrogens with one attached hydrogen (secondary N) is 2. The quantitative estimate of drug-likeness (QED) is 0.753. The van der Waals surface area contributed by atoms with Gasteiger partial charge in [-0.05, 0) is 43.0 Å². The molecule has 1 aliphatic rings. The highest BCUT2D eigenvalue weighted by atomic mass is 32.2. The topological polar surface area (TPSA) is 67.4 Å². The zero-order chi connectivity index (χ0) is 15.3. The van der Waals surface area contributed by atoms with E-state index in [4.69, 9.17) is 4.74 Å². The Morgan fingerprint density at radius 2 is 1.90 bits per heavy atom. The lowest BCUT2D eigenvalue weighted by Crippen LogP contribution is -2.38. The van der Waals surface area contributed by atoms with Crippen LogP contribution in [0, 0.1) is 5.92 Å². The van der Waals surface area contributed by atoms with E-state index in [1.807, 2.05) is 0 Å². The second-order valence-corrected chi connectivity index (χ2v) is 7.31. The summed E-state index contributed by atoms with van der Waals surface area (Å²) < 4.78 is 31.9. The smallest absolute Gasteiger partial charge is 0.240 e. The molecule has 1 aromatic carbocycles. The van der Waals surface area contributed by atoms with Gasteiger partial charge in [0.2, 0.25) is 10.0 Å². The van der Waals surface area contributed by atoms with Crippen LogP contribution in [0.1, 0.15) is 26.2 Å². The number of hydrogen-bond donors (Lipinski definition) is 2. The van der Waals surface area contributed by atoms with Gasteiger partial charge in [0.1, 0.15) is 5.75 Å². The highest BCUT2D eigenvalue weighted by molar-refractivity contribution is 7.89. The van der Waals surface area contributed by atoms with E-state index in [9.17, 15) is 8.42 Å². The third kappa shape index (κ3) is 4.43. The summed E-state index contributed by atoms with van der Waals surface area (Å²) in [5.74, 6) is 1.33. The zero-order valence-corrected chi connectivity index (χ0v) is 13.4. The van der Waals surface area contributed by atoms with E-state index in [1.165, 1.54) is 19.3 Å². The van der Waals surface area contributed by atoms with Crippen molar-refractivity contribution in [3.05, 3.63) is 24.3 Å². The zero-order valence-electron chi connectivity index (χ0n) is 12.6. The third-order valence-corrected chi connectivity index (χ3v) is 5.53. The van der Waals surface area contributed by atoms with Crippen LogP contribution in [0.5, 0.6) is 5.75 Å². The molecule has 5 nitrogen and oxygen atoms in total. The van der Waals surface area contributed by atoms with Crippen LogP contribution in [-0.2, 0) is 10.0 Å². The van der Waals surface area contributed by atoms with Crippen molar-refractivity contribution >= 4 is 10.0 Å². The predicted molar refractivity (Wildman–Crippen MR) is 83.0 cm³/mol. The number of ether oxygens (including phenoxy) is 1. The van der Waals surface area contributed by atoms with E-state index in [-0.39, 0.29) is 4.90 Å². The molecule has 0 spiro atoms. The van der Waals surface area contributed by atoms with Crippen LogP contribution in [0.25, 0.3) is 0 Å². The van der Waals surface area contributed by atoms with Crippen LogP contribution in [0.3, 0.4) is 0 Å². The minimum absolute atomic E-state index is 0.262. The number of rotatable bonds is 7. The Kier molecular flexibility index (Phi) is 5.61. The van der Waals surface area contributed by atoms with Gasteiger partial charge >= 0.3 is 0 Å². The Hall–Kier alpha value is -1.11. The number of hydrogen-bond acceptors (Lipinski definition) is 4. The van der Waals surface area contributed by atoms with Crippen molar-refractivity contribution in [3.8, 4) is 5.75 Å². The molecule has 1 fully saturated rings. The average molecular weight is 312 g/mol. The van der Waals surface area contributed by atoms with Gasteiger partial charge in [-0.25, -0.2) is 13.1 Å². The molecule has 1 saturated carbocycles. The van der Waals surface area contributed by atoms with E-state index >= 15 is 0 Å². The van der Waals surface area contributed by atoms with Gasteiger partial charge in [0.25, 0.3) is 0 Å². The van der Waals surface area contributed by atoms with Crippen LogP contribution in [0.15, 0.2) is 29.2 Å². The van der Waals surface area contributed by atoms with E-state index in [1.54, 1.807) is 31.4 Å². The molecule has 21 heavy (non-hydrogen) atoms. The summed E-state index contributed by atoms with van der Waals surface area (Å²) in [7, 11) is -1.89. The largest absolute Gasteiger partial charge is 0.497 e. The molecule has 0 amide bonds. The first-order valence-electron chi connectivity index (χ1n) is 7.40. The summed E-state index contributed by atoms with van der Waals surface area (Å²) >= 11 is 0. The molecular weight excluding hydrogens is 288 g/mol. The van der Waals surface area contributed by atoms with Gasteiger partial charge in [0.15, 0.2) is 0 Å². The summed E-state index contributed by atoms with van der Waals surface area (Å²) in [6, 6.07) is 6.91. The second-order valence-electron chi connectivity index (χ2n) is 5.54. The molecule has 6 heteroatoms. The van der Waals surface area contributed by atoms with Gasteiger partial charge in [0, 0.05) is 19.1 Å². The molecule has 0 saturated heterocycles. The number of benzene rings is 1. The van der Waals surface area contributed by atoms with Crippen molar-refractivity contribution in [2.45, 2.75) is 37.1 Å². The molecular formula is C15H24N2O3S. The molecule has 118 valence electrons. The molecule has 2 N–H and O–H groups in total. The Morgan fingerprint density at radius 3 is 2.48 bits per heavy atom. The molecule has 2 rings (SSSR count). The van der Waals surface area contributed by atoms with Crippen LogP contribution in [0.2, 0.25) is 0 Å². The Balaban J connectivity index is 1.80. The van der Waals surface area contributed by atoms with Crippen molar-refractivity contribution in [3.63, 3.8) is 0 Å². The number of sulfonamides is 1. The molecule has 2 atom stereocenters. The van der Waals surface area contributed by atoms with Crippen LogP contribution in [-0.4, -0.2) is 34.7 Å². The summed E-state index contributed by atoms with van der Waals surface area (Å²) in [4.78, 5) is 0.262. The van der Waals surface area contributed by atoms with Crippen molar-refractivity contribution < 1.29 is 13.2 Å². The van der Waals surface area contributed by atoms with Gasteiger partial charge in [-0.3, -0.25) is 0 Å². The summed E-state index contributed by atoms with van der Waals surface area (Å²) in [5.41, 5.74) is 0. The molecule has 0 heterocycles. The third-order valence-electron chi connectivity index (χ3n) is 4.05. The summed E-state index contributed by atoms with van der Waals surface area (Å²) in [5, 5.41) is 3.43. The van der Waals surface area contributed by atoms with Gasteiger partial charge in [-0.1, -0.05) is 13.3 Å². The lowest BCUT2D eigenvalue weighted by Gasteiger charge is -2.17. The first kappa shape index (κ1) is 16.3. The standard InChI is InChI=1S/C15H24N2O3S/c1-12-4-3-5-15(12)16-10-11-17-21(18,19)14-8-6-13(20-2)7-9-14/h6-9,12,15-17H,3-5,10-11H2,1-2H3/t12-,15+/m1/s1. The fourth-order valence-electron chi connectivity index (χ4n) is 2.73. The van der Waals surface area contributed by atoms with Crippen molar-refractivity contribution in [1.82, 2.24) is 10.0 Å². The van der Waals surface area contributed by atoms with E-state index in [0.29, 0.717) is 30.8 Å². The average Bonchev–Trinajstić information content (AvgIpc) is 2.89. The number of methoxy groups -OCH3 is 1. The Morgan fingerprint density at radius 1 is 1.19 bits per heavy atom. The lowest BCUT2D eigenvalue weighted by atomic mass is 10.1. The first-order valence-corrected chi connectivity index (χ1v) is 8.88. The van der Waals surface area contributed by atoms with Gasteiger partial charge in [0.05, 0.1) is 12.0 Å². The second kappa shape index (κ2) is 7.24. The van der Waals surface area contributed by atoms with E-state index in [2.05, 4.69) is 17.0 Å².